The van der Waals surface area contributed by atoms with Gasteiger partial charge in [0.15, 0.2) is 0 Å². The maximum atomic E-state index is 11.9. The molecule has 0 saturated carbocycles. The molecule has 1 saturated heterocycles. The number of hydrogen-bond acceptors (Lipinski definition) is 4. The zero-order valence-corrected chi connectivity index (χ0v) is 12.3. The molecule has 5 nitrogen and oxygen atoms in total. The van der Waals surface area contributed by atoms with Crippen molar-refractivity contribution in [2.24, 2.45) is 0 Å². The smallest absolute Gasteiger partial charge is 0.225 e. The average Bonchev–Trinajstić information content (AvgIpc) is 2.41. The highest BCUT2D eigenvalue weighted by Gasteiger charge is 2.16. The third-order valence-corrected chi connectivity index (χ3v) is 4.05. The van der Waals surface area contributed by atoms with E-state index in [-0.39, 0.29) is 17.9 Å². The fourth-order valence-corrected chi connectivity index (χ4v) is 2.98. The number of carbonyl (C=O) groups excluding carboxylic acids is 2. The predicted molar refractivity (Wildman–Crippen MR) is 83.1 cm³/mol. The number of benzene rings is 1. The van der Waals surface area contributed by atoms with Crippen LogP contribution in [0.15, 0.2) is 24.3 Å². The third-order valence-electron chi connectivity index (χ3n) is 2.92. The average molecular weight is 293 g/mol. The van der Waals surface area contributed by atoms with Crippen LogP contribution in [0, 0.1) is 0 Å². The summed E-state index contributed by atoms with van der Waals surface area (Å²) in [4.78, 5) is 22.8. The molecule has 20 heavy (non-hydrogen) atoms. The Morgan fingerprint density at radius 3 is 2.45 bits per heavy atom. The van der Waals surface area contributed by atoms with Crippen molar-refractivity contribution in [3.63, 3.8) is 0 Å². The number of rotatable bonds is 4. The molecule has 2 rings (SSSR count). The second-order valence-corrected chi connectivity index (χ2v) is 5.89. The van der Waals surface area contributed by atoms with Gasteiger partial charge in [0, 0.05) is 48.8 Å². The van der Waals surface area contributed by atoms with Gasteiger partial charge in [-0.05, 0) is 24.3 Å². The maximum absolute atomic E-state index is 11.9. The van der Waals surface area contributed by atoms with Crippen molar-refractivity contribution in [1.82, 2.24) is 5.32 Å². The maximum Gasteiger partial charge on any atom is 0.225 e. The first-order chi connectivity index (χ1) is 9.63. The summed E-state index contributed by atoms with van der Waals surface area (Å²) in [6, 6.07) is 7.36. The molecule has 1 aromatic rings. The lowest BCUT2D eigenvalue weighted by Crippen LogP contribution is -2.39. The largest absolute Gasteiger partial charge is 0.326 e. The first-order valence-corrected chi connectivity index (χ1v) is 7.77. The van der Waals surface area contributed by atoms with Gasteiger partial charge in [0.25, 0.3) is 0 Å². The van der Waals surface area contributed by atoms with E-state index in [9.17, 15) is 9.59 Å². The number of nitrogens with one attached hydrogen (secondary N) is 3. The molecule has 0 bridgehead atoms. The molecule has 1 aliphatic heterocycles. The molecule has 0 aliphatic carbocycles. The van der Waals surface area contributed by atoms with Crippen LogP contribution in [0.4, 0.5) is 11.4 Å². The molecule has 0 spiro atoms. The summed E-state index contributed by atoms with van der Waals surface area (Å²) in [6.07, 6.45) is 0.487. The van der Waals surface area contributed by atoms with Crippen molar-refractivity contribution in [2.75, 3.05) is 28.7 Å². The van der Waals surface area contributed by atoms with Crippen LogP contribution in [0.25, 0.3) is 0 Å². The Kier molecular flexibility index (Phi) is 5.43. The van der Waals surface area contributed by atoms with Gasteiger partial charge in [0.2, 0.25) is 11.8 Å². The fourth-order valence-electron chi connectivity index (χ4n) is 2.03. The minimum atomic E-state index is -0.109. The molecule has 1 atom stereocenters. The Labute approximate surface area is 122 Å². The van der Waals surface area contributed by atoms with Crippen LogP contribution in [-0.4, -0.2) is 35.9 Å². The topological polar surface area (TPSA) is 70.2 Å². The third kappa shape index (κ3) is 4.86. The summed E-state index contributed by atoms with van der Waals surface area (Å²) < 4.78 is 0. The molecule has 1 aromatic carbocycles. The molecule has 6 heteroatoms. The molecular weight excluding hydrogens is 274 g/mol. The highest BCUT2D eigenvalue weighted by molar-refractivity contribution is 7.99. The van der Waals surface area contributed by atoms with Gasteiger partial charge >= 0.3 is 0 Å². The van der Waals surface area contributed by atoms with Crippen molar-refractivity contribution < 1.29 is 9.59 Å². The van der Waals surface area contributed by atoms with Gasteiger partial charge < -0.3 is 16.0 Å². The predicted octanol–water partition coefficient (Wildman–Crippen LogP) is 1.68. The Morgan fingerprint density at radius 1 is 1.25 bits per heavy atom. The van der Waals surface area contributed by atoms with Crippen molar-refractivity contribution in [2.45, 2.75) is 19.4 Å². The summed E-state index contributed by atoms with van der Waals surface area (Å²) in [7, 11) is 0. The number of carbonyl (C=O) groups is 2. The van der Waals surface area contributed by atoms with E-state index in [2.05, 4.69) is 16.0 Å². The van der Waals surface area contributed by atoms with Crippen LogP contribution in [0.1, 0.15) is 13.3 Å². The highest BCUT2D eigenvalue weighted by Crippen LogP contribution is 2.15. The molecule has 3 N–H and O–H groups in total. The van der Waals surface area contributed by atoms with E-state index in [0.717, 1.165) is 29.4 Å². The summed E-state index contributed by atoms with van der Waals surface area (Å²) in [5.41, 5.74) is 1.47. The van der Waals surface area contributed by atoms with Crippen LogP contribution in [0.5, 0.6) is 0 Å². The van der Waals surface area contributed by atoms with Crippen LogP contribution >= 0.6 is 11.8 Å². The van der Waals surface area contributed by atoms with Gasteiger partial charge in [-0.25, -0.2) is 0 Å². The van der Waals surface area contributed by atoms with E-state index in [4.69, 9.17) is 0 Å². The lowest BCUT2D eigenvalue weighted by molar-refractivity contribution is -0.116. The summed E-state index contributed by atoms with van der Waals surface area (Å²) in [6.45, 7) is 2.43. The molecule has 2 amide bonds. The Balaban J connectivity index is 1.82. The van der Waals surface area contributed by atoms with Crippen LogP contribution in [0.2, 0.25) is 0 Å². The highest BCUT2D eigenvalue weighted by atomic mass is 32.2. The normalized spacial score (nSPS) is 18.4. The van der Waals surface area contributed by atoms with Crippen molar-refractivity contribution >= 4 is 35.0 Å². The van der Waals surface area contributed by atoms with Gasteiger partial charge in [0.1, 0.15) is 0 Å². The number of anilines is 2. The minimum Gasteiger partial charge on any atom is -0.326 e. The summed E-state index contributed by atoms with van der Waals surface area (Å²) >= 11 is 1.88. The fraction of sp³-hybridized carbons (Fsp3) is 0.429. The van der Waals surface area contributed by atoms with Gasteiger partial charge in [-0.1, -0.05) is 0 Å². The summed E-state index contributed by atoms with van der Waals surface area (Å²) in [5, 5.41) is 8.89. The van der Waals surface area contributed by atoms with E-state index < -0.39 is 0 Å². The molecule has 1 aliphatic rings. The molecule has 0 aromatic heterocycles. The number of hydrogen-bond donors (Lipinski definition) is 3. The quantitative estimate of drug-likeness (QED) is 0.790. The standard InChI is InChI=1S/C14H19N3O2S/c1-10(18)16-11-2-4-12(5-3-11)17-14(19)8-13-9-20-7-6-15-13/h2-5,13,15H,6-9H2,1H3,(H,16,18)(H,17,19). The van der Waals surface area contributed by atoms with Gasteiger partial charge in [-0.15, -0.1) is 0 Å². The number of amides is 2. The second-order valence-electron chi connectivity index (χ2n) is 4.74. The molecule has 1 heterocycles. The summed E-state index contributed by atoms with van der Waals surface area (Å²) in [5.74, 6) is 2.00. The van der Waals surface area contributed by atoms with E-state index in [1.165, 1.54) is 6.92 Å². The van der Waals surface area contributed by atoms with Crippen LogP contribution < -0.4 is 16.0 Å². The Hall–Kier alpha value is -1.53. The molecule has 0 radical (unpaired) electrons. The molecule has 108 valence electrons. The van der Waals surface area contributed by atoms with Crippen molar-refractivity contribution in [3.8, 4) is 0 Å². The zero-order chi connectivity index (χ0) is 14.4. The van der Waals surface area contributed by atoms with Crippen LogP contribution in [-0.2, 0) is 9.59 Å². The first kappa shape index (κ1) is 14.9. The van der Waals surface area contributed by atoms with Gasteiger partial charge in [-0.2, -0.15) is 11.8 Å². The van der Waals surface area contributed by atoms with E-state index >= 15 is 0 Å². The number of thioether (sulfide) groups is 1. The van der Waals surface area contributed by atoms with Gasteiger partial charge in [0.05, 0.1) is 0 Å². The van der Waals surface area contributed by atoms with Gasteiger partial charge in [-0.3, -0.25) is 9.59 Å². The van der Waals surface area contributed by atoms with E-state index in [0.29, 0.717) is 6.42 Å². The van der Waals surface area contributed by atoms with Crippen molar-refractivity contribution in [3.05, 3.63) is 24.3 Å². The first-order valence-electron chi connectivity index (χ1n) is 6.62. The molecule has 1 fully saturated rings. The SMILES string of the molecule is CC(=O)Nc1ccc(NC(=O)CC2CSCCN2)cc1. The molecule has 1 unspecified atom stereocenters. The van der Waals surface area contributed by atoms with E-state index in [1.54, 1.807) is 24.3 Å². The molecular formula is C14H19N3O2S. The second kappa shape index (κ2) is 7.31. The lowest BCUT2D eigenvalue weighted by Gasteiger charge is -2.22. The lowest BCUT2D eigenvalue weighted by atomic mass is 10.2. The Bertz CT molecular complexity index is 470. The van der Waals surface area contributed by atoms with Crippen molar-refractivity contribution in [1.29, 1.82) is 0 Å². The van der Waals surface area contributed by atoms with Crippen LogP contribution in [0.3, 0.4) is 0 Å². The van der Waals surface area contributed by atoms with E-state index in [1.807, 2.05) is 11.8 Å². The Morgan fingerprint density at radius 2 is 1.90 bits per heavy atom. The zero-order valence-electron chi connectivity index (χ0n) is 11.4. The monoisotopic (exact) mass is 293 g/mol. The minimum absolute atomic E-state index is 0.0114.